The van der Waals surface area contributed by atoms with Gasteiger partial charge in [-0.1, -0.05) is 6.92 Å². The maximum Gasteiger partial charge on any atom is 0.266 e. The summed E-state index contributed by atoms with van der Waals surface area (Å²) in [5.74, 6) is -5.18. The number of aryl methyl sites for hydroxylation is 1. The predicted octanol–water partition coefficient (Wildman–Crippen LogP) is 4.52. The van der Waals surface area contributed by atoms with E-state index in [1.165, 1.54) is 18.5 Å². The maximum atomic E-state index is 14.9. The second-order valence-corrected chi connectivity index (χ2v) is 11.1. The quantitative estimate of drug-likeness (QED) is 0.304. The van der Waals surface area contributed by atoms with Gasteiger partial charge in [-0.05, 0) is 25.5 Å². The van der Waals surface area contributed by atoms with Gasteiger partial charge in [0.05, 0.1) is 35.9 Å². The summed E-state index contributed by atoms with van der Waals surface area (Å²) < 4.78 is 90.7. The Balaban J connectivity index is 0.000000810. The van der Waals surface area contributed by atoms with E-state index in [0.717, 1.165) is 16.8 Å². The first-order valence-electron chi connectivity index (χ1n) is 12.1. The summed E-state index contributed by atoms with van der Waals surface area (Å²) in [4.78, 5) is 8.49. The Labute approximate surface area is 227 Å². The highest BCUT2D eigenvalue weighted by Gasteiger charge is 2.46. The number of alkyl halides is 4. The number of azo groups is 1. The van der Waals surface area contributed by atoms with E-state index in [9.17, 15) is 30.4 Å². The van der Waals surface area contributed by atoms with Crippen LogP contribution in [0.4, 0.5) is 39.4 Å². The molecular weight excluding hydrogens is 561 g/mol. The molecule has 4 heterocycles. The molecule has 1 atom stereocenters. The van der Waals surface area contributed by atoms with Crippen LogP contribution in [0.3, 0.4) is 0 Å². The first-order valence-corrected chi connectivity index (χ1v) is 14.0. The summed E-state index contributed by atoms with van der Waals surface area (Å²) in [7, 11) is -2.19. The first-order chi connectivity index (χ1) is 18.7. The summed E-state index contributed by atoms with van der Waals surface area (Å²) in [6, 6.07) is 3.22. The molecule has 11 nitrogen and oxygen atoms in total. The molecule has 220 valence electrons. The molecule has 3 aromatic rings. The van der Waals surface area contributed by atoms with Gasteiger partial charge >= 0.3 is 0 Å². The van der Waals surface area contributed by atoms with Crippen LogP contribution >= 0.6 is 0 Å². The molecule has 0 bridgehead atoms. The average Bonchev–Trinajstić information content (AvgIpc) is 3.20. The molecule has 1 aliphatic heterocycles. The van der Waals surface area contributed by atoms with Gasteiger partial charge in [-0.3, -0.25) is 4.98 Å². The molecule has 40 heavy (non-hydrogen) atoms. The van der Waals surface area contributed by atoms with Gasteiger partial charge in [-0.15, -0.1) is 5.10 Å². The van der Waals surface area contributed by atoms with Gasteiger partial charge in [0.15, 0.2) is 11.6 Å². The third-order valence-corrected chi connectivity index (χ3v) is 7.38. The highest BCUT2D eigenvalue weighted by atomic mass is 32.2. The highest BCUT2D eigenvalue weighted by molar-refractivity contribution is 7.88. The third kappa shape index (κ3) is 7.18. The topological polar surface area (TPSA) is 143 Å². The molecular formula is C23H30F5N9O2S. The number of fused-ring (bicyclic) bond motifs is 1. The minimum atomic E-state index is -3.71. The Morgan fingerprint density at radius 1 is 1.27 bits per heavy atom. The van der Waals surface area contributed by atoms with Crippen molar-refractivity contribution in [2.75, 3.05) is 44.0 Å². The number of pyridine rings is 1. The van der Waals surface area contributed by atoms with Crippen LogP contribution in [0.5, 0.6) is 0 Å². The van der Waals surface area contributed by atoms with Crippen LogP contribution in [-0.2, 0) is 10.0 Å². The van der Waals surface area contributed by atoms with E-state index in [1.807, 2.05) is 0 Å². The van der Waals surface area contributed by atoms with Crippen LogP contribution in [0.15, 0.2) is 28.6 Å². The van der Waals surface area contributed by atoms with E-state index >= 15 is 0 Å². The summed E-state index contributed by atoms with van der Waals surface area (Å²) in [6.45, 7) is 2.03. The lowest BCUT2D eigenvalue weighted by Gasteiger charge is -2.37. The second kappa shape index (κ2) is 12.4. The molecule has 0 spiro atoms. The Bertz CT molecular complexity index is 1480. The molecule has 1 unspecified atom stereocenters. The fraction of sp³-hybridized carbons (Fsp3) is 0.522. The van der Waals surface area contributed by atoms with Crippen molar-refractivity contribution in [3.63, 3.8) is 0 Å². The highest BCUT2D eigenvalue weighted by Crippen LogP contribution is 2.35. The van der Waals surface area contributed by atoms with Gasteiger partial charge in [-0.25, -0.2) is 34.9 Å². The second-order valence-electron chi connectivity index (χ2n) is 9.09. The predicted molar refractivity (Wildman–Crippen MR) is 140 cm³/mol. The van der Waals surface area contributed by atoms with Gasteiger partial charge in [0.25, 0.3) is 5.92 Å². The van der Waals surface area contributed by atoms with Gasteiger partial charge in [0.1, 0.15) is 11.2 Å². The molecule has 0 aromatic carbocycles. The summed E-state index contributed by atoms with van der Waals surface area (Å²) in [5, 5.41) is 14.5. The largest absolute Gasteiger partial charge is 0.382 e. The van der Waals surface area contributed by atoms with Gasteiger partial charge in [0.2, 0.25) is 22.4 Å². The number of hydrogen-bond donors (Lipinski definition) is 2. The first kappa shape index (κ1) is 31.1. The number of hydrogen-bond acceptors (Lipinski definition) is 9. The Morgan fingerprint density at radius 3 is 2.50 bits per heavy atom. The number of nitrogens with zero attached hydrogens (tertiary/aromatic N) is 7. The number of anilines is 2. The zero-order chi connectivity index (χ0) is 29.8. The van der Waals surface area contributed by atoms with Crippen LogP contribution in [0, 0.1) is 18.7 Å². The fourth-order valence-electron chi connectivity index (χ4n) is 4.01. The van der Waals surface area contributed by atoms with Crippen molar-refractivity contribution in [3.05, 3.63) is 29.8 Å². The van der Waals surface area contributed by atoms with E-state index < -0.39 is 40.7 Å². The molecule has 3 aromatic heterocycles. The molecule has 0 radical (unpaired) electrons. The number of halogens is 5. The SMILES string of the molecule is CCC(F)F.CN=Nc1ccc(-c2c(F)cn3nc(NCC4CCN(S(C)(=O)=O)CC4(F)F)nc(N)c23)nc1C. The third-order valence-electron chi connectivity index (χ3n) is 6.13. The van der Waals surface area contributed by atoms with Crippen molar-refractivity contribution < 1.29 is 30.4 Å². The number of piperidine rings is 1. The van der Waals surface area contributed by atoms with E-state index in [4.69, 9.17) is 5.73 Å². The molecule has 3 N–H and O–H groups in total. The summed E-state index contributed by atoms with van der Waals surface area (Å²) in [5.41, 5.74) is 7.73. The Kier molecular flexibility index (Phi) is 9.60. The van der Waals surface area contributed by atoms with Crippen molar-refractivity contribution in [2.45, 2.75) is 39.0 Å². The summed E-state index contributed by atoms with van der Waals surface area (Å²) >= 11 is 0. The van der Waals surface area contributed by atoms with Crippen LogP contribution in [0.25, 0.3) is 16.8 Å². The molecule has 0 saturated carbocycles. The zero-order valence-electron chi connectivity index (χ0n) is 22.2. The monoisotopic (exact) mass is 591 g/mol. The van der Waals surface area contributed by atoms with Crippen molar-refractivity contribution in [1.82, 2.24) is 23.9 Å². The number of nitrogen functional groups attached to an aromatic ring is 1. The van der Waals surface area contributed by atoms with E-state index in [2.05, 4.69) is 30.6 Å². The Hall–Kier alpha value is -3.47. The van der Waals surface area contributed by atoms with Crippen molar-refractivity contribution in [2.24, 2.45) is 16.1 Å². The molecule has 1 saturated heterocycles. The number of nitrogens with two attached hydrogens (primary N) is 1. The maximum absolute atomic E-state index is 14.9. The molecule has 0 amide bonds. The normalized spacial score (nSPS) is 17.8. The van der Waals surface area contributed by atoms with Crippen molar-refractivity contribution in [1.29, 1.82) is 0 Å². The van der Waals surface area contributed by atoms with Crippen molar-refractivity contribution >= 4 is 33.0 Å². The lowest BCUT2D eigenvalue weighted by atomic mass is 9.94. The van der Waals surface area contributed by atoms with Crippen molar-refractivity contribution in [3.8, 4) is 11.3 Å². The number of nitrogens with one attached hydrogen (secondary N) is 1. The average molecular weight is 592 g/mol. The van der Waals surface area contributed by atoms with Gasteiger partial charge in [-0.2, -0.15) is 19.5 Å². The molecule has 4 rings (SSSR count). The van der Waals surface area contributed by atoms with Crippen LogP contribution in [0.2, 0.25) is 0 Å². The van der Waals surface area contributed by atoms with E-state index in [-0.39, 0.29) is 48.8 Å². The molecule has 0 aliphatic carbocycles. The number of aromatic nitrogens is 4. The number of rotatable bonds is 7. The minimum Gasteiger partial charge on any atom is -0.382 e. The lowest BCUT2D eigenvalue weighted by Crippen LogP contribution is -2.52. The fourth-order valence-corrected chi connectivity index (χ4v) is 4.85. The van der Waals surface area contributed by atoms with Crippen LogP contribution in [-0.4, -0.2) is 77.6 Å². The minimum absolute atomic E-state index is 0.0141. The van der Waals surface area contributed by atoms with Gasteiger partial charge in [0, 0.05) is 32.5 Å². The van der Waals surface area contributed by atoms with Gasteiger partial charge < -0.3 is 11.1 Å². The lowest BCUT2D eigenvalue weighted by molar-refractivity contribution is -0.0881. The van der Waals surface area contributed by atoms with Crippen LogP contribution < -0.4 is 11.1 Å². The summed E-state index contributed by atoms with van der Waals surface area (Å²) in [6.07, 6.45) is -0.190. The molecule has 1 aliphatic rings. The zero-order valence-corrected chi connectivity index (χ0v) is 23.1. The number of sulfonamides is 1. The smallest absolute Gasteiger partial charge is 0.266 e. The van der Waals surface area contributed by atoms with Crippen LogP contribution in [0.1, 0.15) is 25.5 Å². The standard InChI is InChI=1S/C20H24F3N9O2S.C3H6F2/c1-11-14(29-25-2)4-5-15(27-11)16-13(21)9-32-17(16)18(24)28-19(30-32)26-8-12-6-7-31(35(3,33)34)10-20(12,22)23;1-2-3(4)5/h4-5,9,12H,6-8,10H2,1-3H3,(H3,24,26,28,30);3H,2H2,1H3. The molecule has 17 heteroatoms. The Morgan fingerprint density at radius 2 is 1.95 bits per heavy atom. The molecule has 1 fully saturated rings. The van der Waals surface area contributed by atoms with E-state index in [1.54, 1.807) is 19.1 Å². The van der Waals surface area contributed by atoms with E-state index in [0.29, 0.717) is 17.1 Å².